The van der Waals surface area contributed by atoms with E-state index < -0.39 is 5.60 Å². The molecule has 2 aromatic carbocycles. The maximum Gasteiger partial charge on any atom is 0.410 e. The van der Waals surface area contributed by atoms with Crippen molar-refractivity contribution in [3.63, 3.8) is 0 Å². The van der Waals surface area contributed by atoms with Crippen LogP contribution in [-0.4, -0.2) is 36.8 Å². The lowest BCUT2D eigenvalue weighted by molar-refractivity contribution is 0.0281. The van der Waals surface area contributed by atoms with Crippen molar-refractivity contribution in [1.82, 2.24) is 4.90 Å². The Morgan fingerprint density at radius 2 is 1.93 bits per heavy atom. The monoisotopic (exact) mass is 371 g/mol. The number of carbonyl (C=O) groups is 1. The first-order chi connectivity index (χ1) is 12.7. The molecule has 0 fully saturated rings. The van der Waals surface area contributed by atoms with Crippen LogP contribution in [0.2, 0.25) is 0 Å². The molecule has 0 aromatic heterocycles. The number of halogens is 1. The first-order valence-electron chi connectivity index (χ1n) is 9.20. The van der Waals surface area contributed by atoms with E-state index in [0.29, 0.717) is 13.2 Å². The van der Waals surface area contributed by atoms with Crippen LogP contribution in [-0.2, 0) is 4.74 Å². The Morgan fingerprint density at radius 1 is 1.22 bits per heavy atom. The SMILES string of the molecule is CN(C[C@@H]1CCOc2c(-c3ccc(F)cc3)cccc21)C(=O)OC(C)(C)C. The lowest BCUT2D eigenvalue weighted by atomic mass is 9.89. The number of ether oxygens (including phenoxy) is 2. The van der Waals surface area contributed by atoms with Gasteiger partial charge in [0.05, 0.1) is 6.61 Å². The van der Waals surface area contributed by atoms with Gasteiger partial charge in [0, 0.05) is 25.1 Å². The lowest BCUT2D eigenvalue weighted by Crippen LogP contribution is -2.37. The van der Waals surface area contributed by atoms with Gasteiger partial charge in [0.1, 0.15) is 17.2 Å². The molecule has 27 heavy (non-hydrogen) atoms. The van der Waals surface area contributed by atoms with Gasteiger partial charge in [-0.05, 0) is 50.5 Å². The van der Waals surface area contributed by atoms with Crippen molar-refractivity contribution in [3.8, 4) is 16.9 Å². The van der Waals surface area contributed by atoms with Gasteiger partial charge in [-0.1, -0.05) is 30.3 Å². The summed E-state index contributed by atoms with van der Waals surface area (Å²) in [5.41, 5.74) is 2.40. The van der Waals surface area contributed by atoms with Crippen LogP contribution in [0.4, 0.5) is 9.18 Å². The number of fused-ring (bicyclic) bond motifs is 1. The van der Waals surface area contributed by atoms with Crippen molar-refractivity contribution in [2.75, 3.05) is 20.2 Å². The van der Waals surface area contributed by atoms with E-state index in [1.54, 1.807) is 24.1 Å². The van der Waals surface area contributed by atoms with Crippen LogP contribution in [0.15, 0.2) is 42.5 Å². The molecule has 5 heteroatoms. The van der Waals surface area contributed by atoms with Crippen molar-refractivity contribution < 1.29 is 18.7 Å². The summed E-state index contributed by atoms with van der Waals surface area (Å²) in [5.74, 6) is 0.714. The highest BCUT2D eigenvalue weighted by molar-refractivity contribution is 5.73. The molecule has 144 valence electrons. The summed E-state index contributed by atoms with van der Waals surface area (Å²) in [6, 6.07) is 12.4. The quantitative estimate of drug-likeness (QED) is 0.742. The molecule has 1 amide bonds. The second kappa shape index (κ2) is 7.59. The second-order valence-electron chi connectivity index (χ2n) is 7.93. The predicted molar refractivity (Wildman–Crippen MR) is 104 cm³/mol. The number of rotatable bonds is 3. The van der Waals surface area contributed by atoms with Crippen molar-refractivity contribution in [2.24, 2.45) is 0 Å². The number of para-hydroxylation sites is 1. The highest BCUT2D eigenvalue weighted by Gasteiger charge is 2.28. The molecule has 1 aliphatic heterocycles. The maximum atomic E-state index is 13.3. The normalized spacial score (nSPS) is 16.3. The molecule has 0 spiro atoms. The number of likely N-dealkylation sites (N-methyl/N-ethyl adjacent to an activating group) is 1. The third-order valence-electron chi connectivity index (χ3n) is 4.55. The Balaban J connectivity index is 1.83. The molecule has 1 heterocycles. The van der Waals surface area contributed by atoms with E-state index in [-0.39, 0.29) is 17.8 Å². The van der Waals surface area contributed by atoms with Gasteiger partial charge in [-0.25, -0.2) is 9.18 Å². The summed E-state index contributed by atoms with van der Waals surface area (Å²) in [4.78, 5) is 13.9. The van der Waals surface area contributed by atoms with Crippen LogP contribution in [0, 0.1) is 5.82 Å². The maximum absolute atomic E-state index is 13.3. The fourth-order valence-corrected chi connectivity index (χ4v) is 3.29. The molecule has 1 aliphatic rings. The van der Waals surface area contributed by atoms with Crippen LogP contribution in [0.3, 0.4) is 0 Å². The van der Waals surface area contributed by atoms with Gasteiger partial charge in [0.25, 0.3) is 0 Å². The third kappa shape index (κ3) is 4.59. The number of nitrogens with zero attached hydrogens (tertiary/aromatic N) is 1. The van der Waals surface area contributed by atoms with Crippen molar-refractivity contribution in [1.29, 1.82) is 0 Å². The van der Waals surface area contributed by atoms with E-state index in [1.165, 1.54) is 12.1 Å². The fourth-order valence-electron chi connectivity index (χ4n) is 3.29. The predicted octanol–water partition coefficient (Wildman–Crippen LogP) is 5.23. The lowest BCUT2D eigenvalue weighted by Gasteiger charge is -2.31. The number of hydrogen-bond acceptors (Lipinski definition) is 3. The van der Waals surface area contributed by atoms with Crippen LogP contribution < -0.4 is 4.74 Å². The standard InChI is InChI=1S/C22H26FNO3/c1-22(2,3)27-21(25)24(4)14-16-12-13-26-20-18(6-5-7-19(16)20)15-8-10-17(23)11-9-15/h5-11,16H,12-14H2,1-4H3/t16-/m0/s1. The van der Waals surface area contributed by atoms with Crippen molar-refractivity contribution in [3.05, 3.63) is 53.8 Å². The number of benzene rings is 2. The smallest absolute Gasteiger partial charge is 0.410 e. The van der Waals surface area contributed by atoms with Gasteiger partial charge < -0.3 is 14.4 Å². The zero-order valence-corrected chi connectivity index (χ0v) is 16.3. The zero-order valence-electron chi connectivity index (χ0n) is 16.3. The van der Waals surface area contributed by atoms with Crippen molar-refractivity contribution in [2.45, 2.75) is 38.7 Å². The van der Waals surface area contributed by atoms with E-state index in [2.05, 4.69) is 0 Å². The highest BCUT2D eigenvalue weighted by atomic mass is 19.1. The van der Waals surface area contributed by atoms with E-state index in [0.717, 1.165) is 28.9 Å². The Hall–Kier alpha value is -2.56. The second-order valence-corrected chi connectivity index (χ2v) is 7.93. The molecular formula is C22H26FNO3. The highest BCUT2D eigenvalue weighted by Crippen LogP contribution is 2.41. The number of amides is 1. The molecule has 0 aliphatic carbocycles. The molecule has 0 radical (unpaired) electrons. The van der Waals surface area contributed by atoms with Gasteiger partial charge >= 0.3 is 6.09 Å². The first-order valence-corrected chi connectivity index (χ1v) is 9.20. The molecule has 4 nitrogen and oxygen atoms in total. The molecule has 0 saturated heterocycles. The minimum atomic E-state index is -0.519. The van der Waals surface area contributed by atoms with E-state index in [9.17, 15) is 9.18 Å². The Labute approximate surface area is 159 Å². The summed E-state index contributed by atoms with van der Waals surface area (Å²) >= 11 is 0. The molecule has 2 aromatic rings. The minimum absolute atomic E-state index is 0.159. The van der Waals surface area contributed by atoms with Gasteiger partial charge in [-0.2, -0.15) is 0 Å². The summed E-state index contributed by atoms with van der Waals surface area (Å²) in [7, 11) is 1.76. The summed E-state index contributed by atoms with van der Waals surface area (Å²) in [6.45, 7) is 6.71. The summed E-state index contributed by atoms with van der Waals surface area (Å²) < 4.78 is 24.7. The van der Waals surface area contributed by atoms with Gasteiger partial charge in [0.15, 0.2) is 0 Å². The van der Waals surface area contributed by atoms with Crippen LogP contribution in [0.5, 0.6) is 5.75 Å². The van der Waals surface area contributed by atoms with Gasteiger partial charge in [-0.3, -0.25) is 0 Å². The summed E-state index contributed by atoms with van der Waals surface area (Å²) in [6.07, 6.45) is 0.498. The molecule has 3 rings (SSSR count). The molecule has 0 saturated carbocycles. The Kier molecular flexibility index (Phi) is 5.40. The van der Waals surface area contributed by atoms with Crippen LogP contribution in [0.25, 0.3) is 11.1 Å². The van der Waals surface area contributed by atoms with Crippen LogP contribution in [0.1, 0.15) is 38.7 Å². The minimum Gasteiger partial charge on any atom is -0.493 e. The Bertz CT molecular complexity index is 811. The van der Waals surface area contributed by atoms with Gasteiger partial charge in [0.2, 0.25) is 0 Å². The molecule has 1 atom stereocenters. The van der Waals surface area contributed by atoms with E-state index in [1.807, 2.05) is 39.0 Å². The molecule has 0 unspecified atom stereocenters. The average molecular weight is 371 g/mol. The van der Waals surface area contributed by atoms with Gasteiger partial charge in [-0.15, -0.1) is 0 Å². The van der Waals surface area contributed by atoms with E-state index in [4.69, 9.17) is 9.47 Å². The topological polar surface area (TPSA) is 38.8 Å². The number of hydrogen-bond donors (Lipinski definition) is 0. The fraction of sp³-hybridized carbons (Fsp3) is 0.409. The van der Waals surface area contributed by atoms with E-state index >= 15 is 0 Å². The number of carbonyl (C=O) groups excluding carboxylic acids is 1. The average Bonchev–Trinajstić information content (AvgIpc) is 2.61. The first kappa shape index (κ1) is 19.2. The summed E-state index contributed by atoms with van der Waals surface area (Å²) in [5, 5.41) is 0. The van der Waals surface area contributed by atoms with Crippen molar-refractivity contribution >= 4 is 6.09 Å². The largest absolute Gasteiger partial charge is 0.493 e. The van der Waals surface area contributed by atoms with Crippen LogP contribution >= 0.6 is 0 Å². The molecule has 0 N–H and O–H groups in total. The zero-order chi connectivity index (χ0) is 19.6. The molecule has 0 bridgehead atoms. The molecular weight excluding hydrogens is 345 g/mol. The Morgan fingerprint density at radius 3 is 2.59 bits per heavy atom. The third-order valence-corrected chi connectivity index (χ3v) is 4.55.